The minimum atomic E-state index is -5.70. The summed E-state index contributed by atoms with van der Waals surface area (Å²) in [6, 6.07) is 0. The van der Waals surface area contributed by atoms with Gasteiger partial charge in [0.2, 0.25) is 0 Å². The van der Waals surface area contributed by atoms with Crippen molar-refractivity contribution < 1.29 is 117 Å². The molecule has 0 bridgehead atoms. The third-order valence-corrected chi connectivity index (χ3v) is 18.9. The van der Waals surface area contributed by atoms with E-state index in [0.29, 0.717) is 19.3 Å². The lowest BCUT2D eigenvalue weighted by atomic mass is 9.84. The Balaban J connectivity index is 1.76. The summed E-state index contributed by atoms with van der Waals surface area (Å²) >= 11 is 0. The van der Waals surface area contributed by atoms with Crippen molar-refractivity contribution in [3.8, 4) is 0 Å². The van der Waals surface area contributed by atoms with Crippen molar-refractivity contribution in [2.75, 3.05) is 26.4 Å². The van der Waals surface area contributed by atoms with Crippen LogP contribution < -0.4 is 0 Å². The quantitative estimate of drug-likeness (QED) is 0.00887. The van der Waals surface area contributed by atoms with Gasteiger partial charge in [-0.05, 0) is 70.6 Å². The molecule has 1 saturated carbocycles. The lowest BCUT2D eigenvalue weighted by Gasteiger charge is -2.49. The van der Waals surface area contributed by atoms with E-state index >= 15 is 0 Å². The van der Waals surface area contributed by atoms with E-state index in [-0.39, 0.29) is 19.3 Å². The second-order valence-electron chi connectivity index (χ2n) is 26.3. The van der Waals surface area contributed by atoms with Gasteiger partial charge in [-0.2, -0.15) is 0 Å². The molecule has 3 aliphatic rings. The number of hydrogen-bond acceptors (Lipinski definition) is 23. The molecule has 0 spiro atoms. The number of allylic oxidation sites excluding steroid dienone is 4. The number of phosphoric ester groups is 1. The molecule has 24 nitrogen and oxygen atoms in total. The molecule has 1 aliphatic carbocycles. The normalized spacial score (nSPS) is 28.2. The van der Waals surface area contributed by atoms with Gasteiger partial charge in [-0.3, -0.25) is 23.4 Å². The van der Waals surface area contributed by atoms with Gasteiger partial charge in [0.25, 0.3) is 0 Å². The van der Waals surface area contributed by atoms with Crippen molar-refractivity contribution in [2.24, 2.45) is 0 Å². The van der Waals surface area contributed by atoms with E-state index in [1.807, 2.05) is 0 Å². The maximum atomic E-state index is 14.3. The molecule has 0 aromatic heterocycles. The van der Waals surface area contributed by atoms with Gasteiger partial charge in [-0.25, -0.2) is 4.57 Å². The van der Waals surface area contributed by atoms with E-state index in [9.17, 15) is 74.9 Å². The molecule has 0 aromatic rings. The third kappa shape index (κ3) is 36.1. The van der Waals surface area contributed by atoms with Gasteiger partial charge in [0, 0.05) is 19.3 Å². The van der Waals surface area contributed by atoms with Crippen LogP contribution in [-0.2, 0) is 61.2 Å². The summed E-state index contributed by atoms with van der Waals surface area (Å²) in [5.41, 5.74) is 0. The monoisotopic (exact) mass is 1380 g/mol. The van der Waals surface area contributed by atoms with Gasteiger partial charge < -0.3 is 89.1 Å². The SMILES string of the molecule is CCCCCCCC/C=C\CCCCCC(=O)OCC(COP(=O)(O)OC1C(OC2OC(CO)C(O)C(O)C2O)C(O)C(O)C(O)C1OC1OC(COC(=O)CCCCC/C=C\CCCCCCCC)C(O)C(O)C1O)OC(=O)CCCCCCCCCCCCCCCC. The van der Waals surface area contributed by atoms with Crippen molar-refractivity contribution in [3.05, 3.63) is 24.3 Å². The van der Waals surface area contributed by atoms with E-state index < -0.39 is 156 Å². The molecule has 0 radical (unpaired) electrons. The topological polar surface area (TPSA) is 374 Å². The van der Waals surface area contributed by atoms with Crippen LogP contribution in [0.15, 0.2) is 24.3 Å². The summed E-state index contributed by atoms with van der Waals surface area (Å²) in [4.78, 5) is 50.9. The minimum Gasteiger partial charge on any atom is -0.463 e. The van der Waals surface area contributed by atoms with Crippen LogP contribution in [-0.4, -0.2) is 204 Å². The lowest BCUT2D eigenvalue weighted by Crippen LogP contribution is -2.69. The highest BCUT2D eigenvalue weighted by Gasteiger charge is 2.58. The van der Waals surface area contributed by atoms with Gasteiger partial charge in [-0.1, -0.05) is 206 Å². The van der Waals surface area contributed by atoms with Crippen molar-refractivity contribution >= 4 is 25.7 Å². The minimum absolute atomic E-state index is 0.00768. The number of rotatable bonds is 56. The Hall–Kier alpha value is -2.56. The fourth-order valence-electron chi connectivity index (χ4n) is 11.9. The molecule has 2 heterocycles. The molecule has 18 unspecified atom stereocenters. The highest BCUT2D eigenvalue weighted by atomic mass is 31.2. The molecular formula is C70H127O24P. The summed E-state index contributed by atoms with van der Waals surface area (Å²) in [7, 11) is -5.70. The Kier molecular flexibility index (Phi) is 47.8. The molecular weight excluding hydrogens is 1260 g/mol. The van der Waals surface area contributed by atoms with Crippen LogP contribution in [0.25, 0.3) is 0 Å². The molecule has 3 fully saturated rings. The van der Waals surface area contributed by atoms with Crippen LogP contribution in [0, 0.1) is 0 Å². The maximum absolute atomic E-state index is 14.3. The fraction of sp³-hybridized carbons (Fsp3) is 0.900. The van der Waals surface area contributed by atoms with Crippen molar-refractivity contribution in [3.63, 3.8) is 0 Å². The molecule has 95 heavy (non-hydrogen) atoms. The van der Waals surface area contributed by atoms with Crippen LogP contribution in [0.1, 0.15) is 271 Å². The number of carbonyl (C=O) groups excluding carboxylic acids is 3. The number of esters is 3. The number of aliphatic hydroxyl groups is 10. The largest absolute Gasteiger partial charge is 0.472 e. The molecule has 11 N–H and O–H groups in total. The third-order valence-electron chi connectivity index (χ3n) is 18.0. The first-order valence-corrected chi connectivity index (χ1v) is 38.1. The first-order chi connectivity index (χ1) is 45.8. The van der Waals surface area contributed by atoms with E-state index in [0.717, 1.165) is 96.3 Å². The van der Waals surface area contributed by atoms with Crippen molar-refractivity contribution in [2.45, 2.75) is 375 Å². The van der Waals surface area contributed by atoms with E-state index in [2.05, 4.69) is 45.1 Å². The molecule has 556 valence electrons. The van der Waals surface area contributed by atoms with Gasteiger partial charge >= 0.3 is 25.7 Å². The summed E-state index contributed by atoms with van der Waals surface area (Å²) < 4.78 is 64.9. The van der Waals surface area contributed by atoms with Gasteiger partial charge in [0.05, 0.1) is 13.2 Å². The molecule has 18 atom stereocenters. The predicted octanol–water partition coefficient (Wildman–Crippen LogP) is 9.35. The molecule has 2 aliphatic heterocycles. The summed E-state index contributed by atoms with van der Waals surface area (Å²) in [6.07, 6.45) is 11.2. The summed E-state index contributed by atoms with van der Waals surface area (Å²) in [5.74, 6) is -2.02. The van der Waals surface area contributed by atoms with E-state index in [1.54, 1.807) is 0 Å². The van der Waals surface area contributed by atoms with Gasteiger partial charge in [-0.15, -0.1) is 0 Å². The van der Waals surface area contributed by atoms with Crippen LogP contribution in [0.3, 0.4) is 0 Å². The molecule has 0 amide bonds. The second-order valence-corrected chi connectivity index (χ2v) is 27.7. The Morgan fingerprint density at radius 3 is 1.15 bits per heavy atom. The molecule has 2 saturated heterocycles. The van der Waals surface area contributed by atoms with Gasteiger partial charge in [0.1, 0.15) is 98.7 Å². The molecule has 25 heteroatoms. The number of phosphoric acid groups is 1. The highest BCUT2D eigenvalue weighted by molar-refractivity contribution is 7.47. The van der Waals surface area contributed by atoms with Crippen molar-refractivity contribution in [1.82, 2.24) is 0 Å². The summed E-state index contributed by atoms with van der Waals surface area (Å²) in [6.45, 7) is 3.39. The zero-order valence-electron chi connectivity index (χ0n) is 57.7. The zero-order valence-corrected chi connectivity index (χ0v) is 58.6. The number of carbonyl (C=O) groups is 3. The second kappa shape index (κ2) is 52.4. The smallest absolute Gasteiger partial charge is 0.463 e. The number of unbranched alkanes of at least 4 members (excludes halogenated alkanes) is 31. The first kappa shape index (κ1) is 86.7. The number of ether oxygens (including phenoxy) is 7. The number of aliphatic hydroxyl groups excluding tert-OH is 10. The molecule has 0 aromatic carbocycles. The highest BCUT2D eigenvalue weighted by Crippen LogP contribution is 2.49. The Morgan fingerprint density at radius 2 is 0.737 bits per heavy atom. The zero-order chi connectivity index (χ0) is 69.6. The lowest BCUT2D eigenvalue weighted by molar-refractivity contribution is -0.360. The van der Waals surface area contributed by atoms with Gasteiger partial charge in [0.15, 0.2) is 18.7 Å². The maximum Gasteiger partial charge on any atom is 0.472 e. The predicted molar refractivity (Wildman–Crippen MR) is 356 cm³/mol. The molecule has 3 rings (SSSR count). The Bertz CT molecular complexity index is 2070. The Morgan fingerprint density at radius 1 is 0.400 bits per heavy atom. The summed E-state index contributed by atoms with van der Waals surface area (Å²) in [5, 5.41) is 110. The average Bonchev–Trinajstić information content (AvgIpc) is 0.765. The Labute approximate surface area is 566 Å². The van der Waals surface area contributed by atoms with E-state index in [1.165, 1.54) is 116 Å². The van der Waals surface area contributed by atoms with Crippen LogP contribution in [0.2, 0.25) is 0 Å². The van der Waals surface area contributed by atoms with E-state index in [4.69, 9.17) is 42.2 Å². The number of hydrogen-bond donors (Lipinski definition) is 11. The van der Waals surface area contributed by atoms with Crippen LogP contribution in [0.4, 0.5) is 0 Å². The standard InChI is InChI=1S/C70H127O24P/c1-4-7-10-13-16-19-22-25-28-31-34-37-40-43-46-56(74)89-51(48-86-54(72)44-41-38-35-32-29-26-23-20-17-14-11-8-5-2)49-88-95(84,85)94-68-66(92-69-64(82)59(77)57(75)52(47-71)90-69)62(80)61(79)63(81)67(68)93-70-65(83)60(78)58(76)53(91-70)50-87-55(73)45-42-39-36-33-30-27-24-21-18-15-12-9-6-3/h26-27,29-30,51-53,57-71,75-83H,4-25,28,31-50H2,1-3H3,(H,84,85)/b29-26-,30-27-. The fourth-order valence-corrected chi connectivity index (χ4v) is 12.9. The van der Waals surface area contributed by atoms with Crippen LogP contribution in [0.5, 0.6) is 0 Å². The van der Waals surface area contributed by atoms with Crippen LogP contribution >= 0.6 is 7.82 Å². The first-order valence-electron chi connectivity index (χ1n) is 36.6. The average molecular weight is 1380 g/mol. The van der Waals surface area contributed by atoms with Crippen molar-refractivity contribution in [1.29, 1.82) is 0 Å².